The van der Waals surface area contributed by atoms with Crippen LogP contribution in [0.25, 0.3) is 5.82 Å². The van der Waals surface area contributed by atoms with E-state index >= 15 is 0 Å². The first kappa shape index (κ1) is 20.0. The first-order valence-corrected chi connectivity index (χ1v) is 9.37. The van der Waals surface area contributed by atoms with Gasteiger partial charge in [0.2, 0.25) is 5.88 Å². The number of anilines is 1. The molecule has 0 aliphatic rings. The number of carbonyl (C=O) groups excluding carboxylic acids is 1. The van der Waals surface area contributed by atoms with Crippen molar-refractivity contribution in [2.24, 2.45) is 0 Å². The zero-order chi connectivity index (χ0) is 21.6. The lowest BCUT2D eigenvalue weighted by molar-refractivity contribution is -0.118. The largest absolute Gasteiger partial charge is 0.484 e. The van der Waals surface area contributed by atoms with Crippen LogP contribution >= 0.6 is 0 Å². The molecule has 8 nitrogen and oxygen atoms in total. The van der Waals surface area contributed by atoms with Crippen molar-refractivity contribution in [3.05, 3.63) is 84.7 Å². The van der Waals surface area contributed by atoms with E-state index in [-0.39, 0.29) is 18.3 Å². The number of halogens is 1. The summed E-state index contributed by atoms with van der Waals surface area (Å²) in [5, 5.41) is 10.9. The Labute approximate surface area is 177 Å². The molecule has 0 saturated carbocycles. The van der Waals surface area contributed by atoms with Crippen molar-refractivity contribution in [1.29, 1.82) is 0 Å². The summed E-state index contributed by atoms with van der Waals surface area (Å²) in [5.74, 6) is 2.04. The van der Waals surface area contributed by atoms with Gasteiger partial charge in [-0.15, -0.1) is 10.2 Å². The highest BCUT2D eigenvalue weighted by Gasteiger charge is 2.07. The van der Waals surface area contributed by atoms with Crippen LogP contribution in [0.1, 0.15) is 5.82 Å². The number of imidazole rings is 1. The van der Waals surface area contributed by atoms with E-state index < -0.39 is 0 Å². The molecular formula is C22H18FN5O3. The maximum atomic E-state index is 12.9. The molecule has 156 valence electrons. The van der Waals surface area contributed by atoms with Crippen LogP contribution in [0.15, 0.2) is 73.1 Å². The van der Waals surface area contributed by atoms with Crippen LogP contribution in [0, 0.1) is 12.7 Å². The summed E-state index contributed by atoms with van der Waals surface area (Å²) in [7, 11) is 0. The summed E-state index contributed by atoms with van der Waals surface area (Å²) < 4.78 is 25.7. The van der Waals surface area contributed by atoms with E-state index in [2.05, 4.69) is 20.5 Å². The van der Waals surface area contributed by atoms with E-state index in [0.717, 1.165) is 5.82 Å². The molecule has 0 aliphatic heterocycles. The molecule has 2 aromatic heterocycles. The van der Waals surface area contributed by atoms with Gasteiger partial charge in [-0.25, -0.2) is 9.37 Å². The second-order valence-electron chi connectivity index (χ2n) is 6.49. The quantitative estimate of drug-likeness (QED) is 0.488. The van der Waals surface area contributed by atoms with Crippen molar-refractivity contribution in [1.82, 2.24) is 19.7 Å². The van der Waals surface area contributed by atoms with Crippen LogP contribution < -0.4 is 14.8 Å². The second kappa shape index (κ2) is 9.04. The predicted octanol–water partition coefficient (Wildman–Crippen LogP) is 3.92. The fourth-order valence-electron chi connectivity index (χ4n) is 2.72. The topological polar surface area (TPSA) is 91.2 Å². The summed E-state index contributed by atoms with van der Waals surface area (Å²) in [6, 6.07) is 15.7. The van der Waals surface area contributed by atoms with Crippen molar-refractivity contribution < 1.29 is 18.7 Å². The molecule has 0 fully saturated rings. The van der Waals surface area contributed by atoms with E-state index in [4.69, 9.17) is 9.47 Å². The number of aryl methyl sites for hydroxylation is 1. The molecule has 0 bridgehead atoms. The van der Waals surface area contributed by atoms with Crippen LogP contribution in [-0.4, -0.2) is 32.3 Å². The van der Waals surface area contributed by atoms with Crippen LogP contribution in [0.4, 0.5) is 10.1 Å². The summed E-state index contributed by atoms with van der Waals surface area (Å²) in [5.41, 5.74) is 0.581. The minimum Gasteiger partial charge on any atom is -0.484 e. The Hall–Kier alpha value is -4.27. The monoisotopic (exact) mass is 419 g/mol. The molecule has 0 spiro atoms. The highest BCUT2D eigenvalue weighted by Crippen LogP contribution is 2.22. The molecule has 1 amide bonds. The maximum Gasteiger partial charge on any atom is 0.262 e. The normalized spacial score (nSPS) is 10.5. The number of rotatable bonds is 7. The van der Waals surface area contributed by atoms with Crippen molar-refractivity contribution in [2.75, 3.05) is 11.9 Å². The standard InChI is InChI=1S/C22H18FN5O3/c1-15-24-12-13-28(15)20-10-11-22(27-26-20)31-19-8-4-17(5-9-19)25-21(29)14-30-18-6-2-16(23)3-7-18/h2-13H,14H2,1H3,(H,25,29). The van der Waals surface area contributed by atoms with Gasteiger partial charge in [-0.3, -0.25) is 9.36 Å². The SMILES string of the molecule is Cc1nccn1-c1ccc(Oc2ccc(NC(=O)COc3ccc(F)cc3)cc2)nn1. The van der Waals surface area contributed by atoms with E-state index in [1.54, 1.807) is 48.8 Å². The van der Waals surface area contributed by atoms with Crippen molar-refractivity contribution >= 4 is 11.6 Å². The second-order valence-corrected chi connectivity index (χ2v) is 6.49. The fourth-order valence-corrected chi connectivity index (χ4v) is 2.72. The molecule has 4 aromatic rings. The Morgan fingerprint density at radius 2 is 1.74 bits per heavy atom. The number of amides is 1. The molecule has 4 rings (SSSR count). The number of ether oxygens (including phenoxy) is 2. The van der Waals surface area contributed by atoms with Gasteiger partial charge in [-0.2, -0.15) is 0 Å². The third kappa shape index (κ3) is 5.21. The van der Waals surface area contributed by atoms with Gasteiger partial charge in [-0.1, -0.05) is 0 Å². The molecular weight excluding hydrogens is 401 g/mol. The Morgan fingerprint density at radius 3 is 2.39 bits per heavy atom. The lowest BCUT2D eigenvalue weighted by atomic mass is 10.3. The highest BCUT2D eigenvalue weighted by atomic mass is 19.1. The number of benzene rings is 2. The molecule has 2 heterocycles. The van der Waals surface area contributed by atoms with E-state index in [0.29, 0.717) is 28.9 Å². The first-order valence-electron chi connectivity index (χ1n) is 9.37. The minimum atomic E-state index is -0.366. The Bertz CT molecular complexity index is 1160. The average molecular weight is 419 g/mol. The number of hydrogen-bond acceptors (Lipinski definition) is 6. The summed E-state index contributed by atoms with van der Waals surface area (Å²) in [6.45, 7) is 1.68. The lowest BCUT2D eigenvalue weighted by Crippen LogP contribution is -2.20. The summed E-state index contributed by atoms with van der Waals surface area (Å²) in [4.78, 5) is 16.2. The van der Waals surface area contributed by atoms with Gasteiger partial charge in [0, 0.05) is 24.1 Å². The van der Waals surface area contributed by atoms with Gasteiger partial charge in [0.05, 0.1) is 0 Å². The number of aromatic nitrogens is 4. The Balaban J connectivity index is 1.30. The Kier molecular flexibility index (Phi) is 5.84. The Morgan fingerprint density at radius 1 is 1.00 bits per heavy atom. The molecule has 0 saturated heterocycles. The van der Waals surface area contributed by atoms with Crippen molar-refractivity contribution in [3.63, 3.8) is 0 Å². The third-order valence-electron chi connectivity index (χ3n) is 4.24. The molecule has 31 heavy (non-hydrogen) atoms. The van der Waals surface area contributed by atoms with E-state index in [9.17, 15) is 9.18 Å². The zero-order valence-corrected chi connectivity index (χ0v) is 16.5. The molecule has 1 N–H and O–H groups in total. The fraction of sp³-hybridized carbons (Fsp3) is 0.0909. The van der Waals surface area contributed by atoms with E-state index in [1.165, 1.54) is 24.3 Å². The first-order chi connectivity index (χ1) is 15.1. The lowest BCUT2D eigenvalue weighted by Gasteiger charge is -2.09. The van der Waals surface area contributed by atoms with Gasteiger partial charge < -0.3 is 14.8 Å². The molecule has 0 aliphatic carbocycles. The smallest absolute Gasteiger partial charge is 0.262 e. The maximum absolute atomic E-state index is 12.9. The van der Waals surface area contributed by atoms with Crippen molar-refractivity contribution in [2.45, 2.75) is 6.92 Å². The molecule has 0 unspecified atom stereocenters. The van der Waals surface area contributed by atoms with Crippen LogP contribution in [0.2, 0.25) is 0 Å². The number of nitrogens with zero attached hydrogens (tertiary/aromatic N) is 4. The van der Waals surface area contributed by atoms with Crippen molar-refractivity contribution in [3.8, 4) is 23.2 Å². The minimum absolute atomic E-state index is 0.192. The van der Waals surface area contributed by atoms with Gasteiger partial charge in [0.15, 0.2) is 12.4 Å². The van der Waals surface area contributed by atoms with Crippen LogP contribution in [0.5, 0.6) is 17.4 Å². The highest BCUT2D eigenvalue weighted by molar-refractivity contribution is 5.91. The van der Waals surface area contributed by atoms with Gasteiger partial charge in [-0.05, 0) is 61.5 Å². The number of carbonyl (C=O) groups is 1. The average Bonchev–Trinajstić information content (AvgIpc) is 3.21. The molecule has 9 heteroatoms. The van der Waals surface area contributed by atoms with Crippen LogP contribution in [0.3, 0.4) is 0 Å². The van der Waals surface area contributed by atoms with Gasteiger partial charge in [0.25, 0.3) is 5.91 Å². The summed E-state index contributed by atoms with van der Waals surface area (Å²) in [6.07, 6.45) is 3.49. The van der Waals surface area contributed by atoms with E-state index in [1.807, 2.05) is 11.5 Å². The molecule has 2 aromatic carbocycles. The zero-order valence-electron chi connectivity index (χ0n) is 16.5. The molecule has 0 radical (unpaired) electrons. The summed E-state index contributed by atoms with van der Waals surface area (Å²) >= 11 is 0. The van der Waals surface area contributed by atoms with Gasteiger partial charge >= 0.3 is 0 Å². The predicted molar refractivity (Wildman–Crippen MR) is 111 cm³/mol. The number of hydrogen-bond donors (Lipinski definition) is 1. The number of nitrogens with one attached hydrogen (secondary N) is 1. The third-order valence-corrected chi connectivity index (χ3v) is 4.24. The van der Waals surface area contributed by atoms with Gasteiger partial charge in [0.1, 0.15) is 23.1 Å². The van der Waals surface area contributed by atoms with Crippen LogP contribution in [-0.2, 0) is 4.79 Å². The molecule has 0 atom stereocenters.